The molecule has 3 aromatic heterocycles. The van der Waals surface area contributed by atoms with E-state index in [9.17, 15) is 4.79 Å². The van der Waals surface area contributed by atoms with Crippen LogP contribution in [-0.2, 0) is 11.8 Å². The van der Waals surface area contributed by atoms with Crippen molar-refractivity contribution in [1.29, 1.82) is 0 Å². The number of rotatable bonds is 8. The summed E-state index contributed by atoms with van der Waals surface area (Å²) in [7, 11) is 1.86. The molecule has 10 nitrogen and oxygen atoms in total. The quantitative estimate of drug-likeness (QED) is 0.305. The summed E-state index contributed by atoms with van der Waals surface area (Å²) in [6.07, 6.45) is 5.35. The molecule has 0 aliphatic rings. The molecule has 0 radical (unpaired) electrons. The van der Waals surface area contributed by atoms with Crippen molar-refractivity contribution in [2.75, 3.05) is 11.9 Å². The van der Waals surface area contributed by atoms with E-state index in [1.54, 1.807) is 23.1 Å². The summed E-state index contributed by atoms with van der Waals surface area (Å²) in [4.78, 5) is 21.5. The van der Waals surface area contributed by atoms with Crippen molar-refractivity contribution >= 4 is 28.4 Å². The number of aromatic nitrogens is 6. The average Bonchev–Trinajstić information content (AvgIpc) is 3.54. The van der Waals surface area contributed by atoms with Crippen LogP contribution in [0.15, 0.2) is 67.1 Å². The van der Waals surface area contributed by atoms with Gasteiger partial charge in [0.25, 0.3) is 5.91 Å². The van der Waals surface area contributed by atoms with Crippen molar-refractivity contribution in [1.82, 2.24) is 35.3 Å². The van der Waals surface area contributed by atoms with E-state index < -0.39 is 0 Å². The van der Waals surface area contributed by atoms with Crippen molar-refractivity contribution < 1.29 is 9.53 Å². The van der Waals surface area contributed by atoms with E-state index in [4.69, 9.17) is 14.7 Å². The minimum absolute atomic E-state index is 0.0554. The van der Waals surface area contributed by atoms with Gasteiger partial charge in [-0.3, -0.25) is 14.6 Å². The molecule has 0 atom stereocenters. The fourth-order valence-electron chi connectivity index (χ4n) is 3.83. The van der Waals surface area contributed by atoms with Gasteiger partial charge in [0, 0.05) is 36.1 Å². The largest absolute Gasteiger partial charge is 0.484 e. The summed E-state index contributed by atoms with van der Waals surface area (Å²) in [6.45, 7) is 3.75. The fourth-order valence-corrected chi connectivity index (χ4v) is 3.83. The molecule has 0 aliphatic heterocycles. The first kappa shape index (κ1) is 23.0. The molecule has 10 heteroatoms. The fraction of sp³-hybridized carbons (Fsp3) is 0.192. The molecule has 3 N–H and O–H groups in total. The van der Waals surface area contributed by atoms with Crippen molar-refractivity contribution in [2.45, 2.75) is 19.9 Å². The topological polar surface area (TPSA) is 123 Å². The monoisotopic (exact) mass is 482 g/mol. The summed E-state index contributed by atoms with van der Waals surface area (Å²) in [5, 5.41) is 17.4. The third-order valence-corrected chi connectivity index (χ3v) is 5.48. The highest BCUT2D eigenvalue weighted by Gasteiger charge is 2.15. The van der Waals surface area contributed by atoms with Crippen LogP contribution in [0.25, 0.3) is 33.5 Å². The first-order valence-electron chi connectivity index (χ1n) is 11.5. The van der Waals surface area contributed by atoms with Gasteiger partial charge in [0.05, 0.1) is 12.4 Å². The van der Waals surface area contributed by atoms with Gasteiger partial charge in [0.1, 0.15) is 16.8 Å². The van der Waals surface area contributed by atoms with E-state index in [1.165, 1.54) is 0 Å². The second kappa shape index (κ2) is 9.87. The Kier molecular flexibility index (Phi) is 6.31. The number of H-pyrrole nitrogens is 1. The third-order valence-electron chi connectivity index (χ3n) is 5.48. The van der Waals surface area contributed by atoms with E-state index in [-0.39, 0.29) is 18.6 Å². The number of fused-ring (bicyclic) bond motifs is 1. The lowest BCUT2D eigenvalue weighted by Gasteiger charge is -2.12. The van der Waals surface area contributed by atoms with E-state index >= 15 is 0 Å². The second-order valence-electron chi connectivity index (χ2n) is 8.63. The Balaban J connectivity index is 1.42. The highest BCUT2D eigenvalue weighted by molar-refractivity contribution is 5.89. The highest BCUT2D eigenvalue weighted by Crippen LogP contribution is 2.29. The minimum Gasteiger partial charge on any atom is -0.484 e. The Morgan fingerprint density at radius 3 is 2.64 bits per heavy atom. The molecule has 36 heavy (non-hydrogen) atoms. The van der Waals surface area contributed by atoms with E-state index in [1.807, 2.05) is 69.6 Å². The molecular formula is C26H26N8O2. The average molecular weight is 483 g/mol. The molecule has 3 heterocycles. The maximum Gasteiger partial charge on any atom is 0.258 e. The number of nitrogens with one attached hydrogen (secondary N) is 3. The summed E-state index contributed by atoms with van der Waals surface area (Å²) < 4.78 is 7.43. The van der Waals surface area contributed by atoms with Gasteiger partial charge >= 0.3 is 0 Å². The predicted molar refractivity (Wildman–Crippen MR) is 138 cm³/mol. The molecule has 0 saturated carbocycles. The van der Waals surface area contributed by atoms with Gasteiger partial charge in [0.15, 0.2) is 18.2 Å². The van der Waals surface area contributed by atoms with Crippen LogP contribution in [0.5, 0.6) is 5.75 Å². The number of carbonyl (C=O) groups excluding carboxylic acids is 1. The van der Waals surface area contributed by atoms with E-state index in [0.717, 1.165) is 27.9 Å². The number of hydrogen-bond donors (Lipinski definition) is 3. The zero-order valence-electron chi connectivity index (χ0n) is 20.2. The number of benzene rings is 2. The summed E-state index contributed by atoms with van der Waals surface area (Å²) >= 11 is 0. The summed E-state index contributed by atoms with van der Waals surface area (Å²) in [6, 6.07) is 15.5. The smallest absolute Gasteiger partial charge is 0.258 e. The van der Waals surface area contributed by atoms with Gasteiger partial charge in [-0.2, -0.15) is 10.2 Å². The van der Waals surface area contributed by atoms with Crippen LogP contribution in [-0.4, -0.2) is 48.5 Å². The van der Waals surface area contributed by atoms with Gasteiger partial charge < -0.3 is 15.4 Å². The van der Waals surface area contributed by atoms with Crippen molar-refractivity contribution in [2.24, 2.45) is 7.05 Å². The van der Waals surface area contributed by atoms with Crippen LogP contribution >= 0.6 is 0 Å². The summed E-state index contributed by atoms with van der Waals surface area (Å²) in [5.41, 5.74) is 5.22. The molecule has 0 bridgehead atoms. The van der Waals surface area contributed by atoms with Crippen molar-refractivity contribution in [3.8, 4) is 28.3 Å². The molecule has 0 fully saturated rings. The van der Waals surface area contributed by atoms with Crippen LogP contribution in [0, 0.1) is 0 Å². The molecule has 0 unspecified atom stereocenters. The molecule has 2 aromatic carbocycles. The lowest BCUT2D eigenvalue weighted by molar-refractivity contribution is -0.123. The molecule has 5 rings (SSSR count). The van der Waals surface area contributed by atoms with Gasteiger partial charge in [-0.15, -0.1) is 0 Å². The van der Waals surface area contributed by atoms with E-state index in [2.05, 4.69) is 25.9 Å². The van der Waals surface area contributed by atoms with E-state index in [0.29, 0.717) is 22.9 Å². The summed E-state index contributed by atoms with van der Waals surface area (Å²) in [5.74, 6) is 1.54. The Bertz CT molecular complexity index is 1490. The normalized spacial score (nSPS) is 11.1. The number of aromatic amines is 1. The molecule has 182 valence electrons. The molecule has 0 spiro atoms. The lowest BCUT2D eigenvalue weighted by atomic mass is 10.1. The number of aryl methyl sites for hydroxylation is 1. The van der Waals surface area contributed by atoms with Crippen LogP contribution in [0.3, 0.4) is 0 Å². The molecule has 0 saturated heterocycles. The Labute approximate surface area is 207 Å². The Hall–Kier alpha value is -4.73. The van der Waals surface area contributed by atoms with Gasteiger partial charge in [-0.1, -0.05) is 24.3 Å². The number of ether oxygens (including phenoxy) is 1. The third kappa shape index (κ3) is 5.02. The first-order valence-corrected chi connectivity index (χ1v) is 11.5. The second-order valence-corrected chi connectivity index (χ2v) is 8.63. The molecule has 1 amide bonds. The standard InChI is InChI=1S/C26H26N8O2/c1-16(2)30-23(35)15-36-21-6-4-5-18(11-21)25-32-22-14-29-34(3)24(22)26(33-25)31-20-9-7-17(8-10-20)19-12-27-28-13-19/h4-14,16H,15H2,1-3H3,(H,27,28)(H,30,35)(H,31,32,33). The minimum atomic E-state index is -0.172. The van der Waals surface area contributed by atoms with Crippen LogP contribution in [0.1, 0.15) is 13.8 Å². The SMILES string of the molecule is CC(C)NC(=O)COc1cccc(-c2nc(Nc3ccc(-c4cn[nH]c4)cc3)c3c(cnn3C)n2)c1. The number of anilines is 2. The highest BCUT2D eigenvalue weighted by atomic mass is 16.5. The Morgan fingerprint density at radius 1 is 1.06 bits per heavy atom. The van der Waals surface area contributed by atoms with Gasteiger partial charge in [-0.25, -0.2) is 9.97 Å². The number of hydrogen-bond acceptors (Lipinski definition) is 7. The molecular weight excluding hydrogens is 456 g/mol. The van der Waals surface area contributed by atoms with Crippen molar-refractivity contribution in [3.63, 3.8) is 0 Å². The predicted octanol–water partition coefficient (Wildman–Crippen LogP) is 4.07. The maximum atomic E-state index is 12.0. The Morgan fingerprint density at radius 2 is 1.89 bits per heavy atom. The maximum absolute atomic E-state index is 12.0. The zero-order chi connectivity index (χ0) is 25.1. The molecule has 5 aromatic rings. The number of nitrogens with zero attached hydrogens (tertiary/aromatic N) is 5. The van der Waals surface area contributed by atoms with Gasteiger partial charge in [-0.05, 0) is 43.7 Å². The van der Waals surface area contributed by atoms with Crippen LogP contribution < -0.4 is 15.4 Å². The zero-order valence-corrected chi connectivity index (χ0v) is 20.2. The number of carbonyl (C=O) groups is 1. The lowest BCUT2D eigenvalue weighted by Crippen LogP contribution is -2.34. The van der Waals surface area contributed by atoms with Crippen LogP contribution in [0.4, 0.5) is 11.5 Å². The number of amides is 1. The molecule has 0 aliphatic carbocycles. The first-order chi connectivity index (χ1) is 17.5. The van der Waals surface area contributed by atoms with Crippen molar-refractivity contribution in [3.05, 3.63) is 67.1 Å². The van der Waals surface area contributed by atoms with Gasteiger partial charge in [0.2, 0.25) is 0 Å². The van der Waals surface area contributed by atoms with Crippen LogP contribution in [0.2, 0.25) is 0 Å².